The Bertz CT molecular complexity index is 295. The maximum atomic E-state index is 10.6. The van der Waals surface area contributed by atoms with E-state index in [2.05, 4.69) is 5.32 Å². The van der Waals surface area contributed by atoms with Gasteiger partial charge in [-0.2, -0.15) is 0 Å². The van der Waals surface area contributed by atoms with Crippen LogP contribution in [0.1, 0.15) is 6.92 Å². The highest BCUT2D eigenvalue weighted by Gasteiger charge is 2.43. The molecule has 0 amide bonds. The van der Waals surface area contributed by atoms with Crippen LogP contribution in [0.5, 0.6) is 0 Å². The summed E-state index contributed by atoms with van der Waals surface area (Å²) in [5, 5.41) is 40.2. The number of rotatable bonds is 4. The van der Waals surface area contributed by atoms with E-state index in [0.717, 1.165) is 0 Å². The largest absolute Gasteiger partial charge is 0.394 e. The molecule has 0 aromatic carbocycles. The number of hydrogen-bond acceptors (Lipinski definition) is 7. The zero-order chi connectivity index (χ0) is 13.0. The Morgan fingerprint density at radius 1 is 1.35 bits per heavy atom. The molecule has 7 nitrogen and oxygen atoms in total. The molecular weight excluding hydrogens is 230 g/mol. The third-order valence-corrected chi connectivity index (χ3v) is 2.51. The topological polar surface area (TPSA) is 119 Å². The van der Waals surface area contributed by atoms with E-state index in [1.54, 1.807) is 0 Å². The first-order valence-corrected chi connectivity index (χ1v) is 5.21. The fourth-order valence-electron chi connectivity index (χ4n) is 1.55. The number of hydrogen-bond donors (Lipinski definition) is 5. The smallest absolute Gasteiger partial charge is 0.178 e. The molecule has 0 aromatic heterocycles. The van der Waals surface area contributed by atoms with Crippen molar-refractivity contribution in [2.45, 2.75) is 37.6 Å². The van der Waals surface area contributed by atoms with Gasteiger partial charge in [-0.3, -0.25) is 4.79 Å². The molecule has 1 unspecified atom stereocenters. The number of ether oxygens (including phenoxy) is 1. The van der Waals surface area contributed by atoms with Gasteiger partial charge in [0, 0.05) is 6.20 Å². The highest BCUT2D eigenvalue weighted by molar-refractivity contribution is 5.87. The van der Waals surface area contributed by atoms with Gasteiger partial charge >= 0.3 is 0 Å². The van der Waals surface area contributed by atoms with Gasteiger partial charge in [0.05, 0.1) is 6.61 Å². The zero-order valence-corrected chi connectivity index (χ0v) is 9.35. The van der Waals surface area contributed by atoms with Crippen molar-refractivity contribution in [3.63, 3.8) is 0 Å². The summed E-state index contributed by atoms with van der Waals surface area (Å²) in [7, 11) is 0. The first-order chi connectivity index (χ1) is 7.97. The van der Waals surface area contributed by atoms with Crippen molar-refractivity contribution in [1.29, 1.82) is 0 Å². The Balaban J connectivity index is 2.63. The molecule has 1 saturated heterocycles. The molecule has 0 aliphatic carbocycles. The minimum absolute atomic E-state index is 0.202. The van der Waals surface area contributed by atoms with Gasteiger partial charge in [-0.15, -0.1) is 0 Å². The Kier molecular flexibility index (Phi) is 5.03. The molecular formula is C10H17NO6. The molecule has 1 aliphatic heterocycles. The third-order valence-electron chi connectivity index (χ3n) is 2.51. The highest BCUT2D eigenvalue weighted by atomic mass is 16.6. The van der Waals surface area contributed by atoms with Crippen LogP contribution >= 0.6 is 0 Å². The van der Waals surface area contributed by atoms with Gasteiger partial charge in [0.2, 0.25) is 0 Å². The lowest BCUT2D eigenvalue weighted by molar-refractivity contribution is -0.252. The average Bonchev–Trinajstić information content (AvgIpc) is 2.27. The number of aliphatic hydroxyl groups excluding tert-OH is 4. The average molecular weight is 247 g/mol. The molecule has 0 saturated carbocycles. The minimum atomic E-state index is -1.39. The van der Waals surface area contributed by atoms with E-state index in [0.29, 0.717) is 0 Å². The fourth-order valence-corrected chi connectivity index (χ4v) is 1.55. The summed E-state index contributed by atoms with van der Waals surface area (Å²) in [6.07, 6.45) is -2.57. The van der Waals surface area contributed by atoms with Gasteiger partial charge in [0.15, 0.2) is 12.1 Å². The second-order valence-electron chi connectivity index (χ2n) is 3.87. The van der Waals surface area contributed by atoms with Crippen LogP contribution in [0.25, 0.3) is 0 Å². The predicted molar refractivity (Wildman–Crippen MR) is 56.7 cm³/mol. The van der Waals surface area contributed by atoms with E-state index in [4.69, 9.17) is 9.84 Å². The highest BCUT2D eigenvalue weighted by Crippen LogP contribution is 2.19. The lowest BCUT2D eigenvalue weighted by atomic mass is 9.97. The molecule has 0 bridgehead atoms. The number of ketones is 1. The van der Waals surface area contributed by atoms with Gasteiger partial charge in [-0.1, -0.05) is 0 Å². The van der Waals surface area contributed by atoms with Crippen LogP contribution in [0, 0.1) is 0 Å². The molecule has 5 atom stereocenters. The van der Waals surface area contributed by atoms with E-state index in [1.807, 2.05) is 0 Å². The summed E-state index contributed by atoms with van der Waals surface area (Å²) in [4.78, 5) is 10.6. The van der Waals surface area contributed by atoms with Crippen LogP contribution in [0.15, 0.2) is 12.3 Å². The van der Waals surface area contributed by atoms with Crippen LogP contribution in [-0.2, 0) is 9.53 Å². The Hall–Kier alpha value is -0.990. The van der Waals surface area contributed by atoms with Crippen molar-refractivity contribution in [3.05, 3.63) is 12.3 Å². The molecule has 7 heteroatoms. The molecule has 0 spiro atoms. The molecule has 98 valence electrons. The van der Waals surface area contributed by atoms with E-state index in [-0.39, 0.29) is 5.78 Å². The van der Waals surface area contributed by atoms with Crippen molar-refractivity contribution in [3.8, 4) is 0 Å². The number of carbonyl (C=O) groups excluding carboxylic acids is 1. The van der Waals surface area contributed by atoms with E-state index >= 15 is 0 Å². The second-order valence-corrected chi connectivity index (χ2v) is 3.87. The van der Waals surface area contributed by atoms with Crippen LogP contribution in [-0.4, -0.2) is 63.5 Å². The molecule has 1 fully saturated rings. The second kappa shape index (κ2) is 6.08. The summed E-state index contributed by atoms with van der Waals surface area (Å²) >= 11 is 0. The van der Waals surface area contributed by atoms with Crippen LogP contribution in [0.4, 0.5) is 0 Å². The summed E-state index contributed by atoms with van der Waals surface area (Å²) in [5.74, 6) is -0.202. The molecule has 5 N–H and O–H groups in total. The molecule has 1 rings (SSSR count). The van der Waals surface area contributed by atoms with Crippen LogP contribution < -0.4 is 5.32 Å². The predicted octanol–water partition coefficient (Wildman–Crippen LogP) is -2.52. The number of carbonyl (C=O) groups is 1. The normalized spacial score (nSPS) is 38.3. The van der Waals surface area contributed by atoms with Crippen molar-refractivity contribution in [2.24, 2.45) is 0 Å². The van der Waals surface area contributed by atoms with Gasteiger partial charge < -0.3 is 30.5 Å². The summed E-state index contributed by atoms with van der Waals surface area (Å²) in [6, 6.07) is -0.969. The van der Waals surface area contributed by atoms with Crippen LogP contribution in [0.2, 0.25) is 0 Å². The maximum Gasteiger partial charge on any atom is 0.178 e. The Morgan fingerprint density at radius 2 is 2.00 bits per heavy atom. The maximum absolute atomic E-state index is 10.6. The van der Waals surface area contributed by atoms with Crippen molar-refractivity contribution < 1.29 is 30.0 Å². The van der Waals surface area contributed by atoms with Gasteiger partial charge in [-0.25, -0.2) is 0 Å². The number of aliphatic hydroxyl groups is 4. The lowest BCUT2D eigenvalue weighted by Gasteiger charge is -2.40. The standard InChI is InChI=1S/C10H17NO6/c1-5(13)2-3-11-7-9(15)8(14)6(4-12)17-10(7)16/h2-3,6-12,14-16H,4H2,1H3/b3-2-/t6-,7-,8+,9-,10?/m1/s1. The van der Waals surface area contributed by atoms with Crippen molar-refractivity contribution in [2.75, 3.05) is 6.61 Å². The number of nitrogens with one attached hydrogen (secondary N) is 1. The summed E-state index contributed by atoms with van der Waals surface area (Å²) < 4.78 is 4.90. The summed E-state index contributed by atoms with van der Waals surface area (Å²) in [6.45, 7) is 0.838. The number of allylic oxidation sites excluding steroid dienone is 1. The zero-order valence-electron chi connectivity index (χ0n) is 9.35. The molecule has 0 aromatic rings. The van der Waals surface area contributed by atoms with Crippen molar-refractivity contribution >= 4 is 5.78 Å². The Labute approximate surface area is 98.3 Å². The van der Waals surface area contributed by atoms with Crippen molar-refractivity contribution in [1.82, 2.24) is 5.32 Å². The fraction of sp³-hybridized carbons (Fsp3) is 0.700. The van der Waals surface area contributed by atoms with Gasteiger partial charge in [-0.05, 0) is 13.0 Å². The van der Waals surface area contributed by atoms with E-state index in [1.165, 1.54) is 19.2 Å². The molecule has 17 heavy (non-hydrogen) atoms. The first-order valence-electron chi connectivity index (χ1n) is 5.21. The third kappa shape index (κ3) is 3.48. The lowest BCUT2D eigenvalue weighted by Crippen LogP contribution is -2.62. The van der Waals surface area contributed by atoms with Crippen LogP contribution in [0.3, 0.4) is 0 Å². The molecule has 1 heterocycles. The monoisotopic (exact) mass is 247 g/mol. The Morgan fingerprint density at radius 3 is 2.53 bits per heavy atom. The van der Waals surface area contributed by atoms with Gasteiger partial charge in [0.1, 0.15) is 24.4 Å². The molecule has 1 aliphatic rings. The van der Waals surface area contributed by atoms with E-state index in [9.17, 15) is 20.1 Å². The first kappa shape index (κ1) is 14.1. The molecule has 0 radical (unpaired) electrons. The SMILES string of the molecule is CC(=O)/C=C\N[C@H]1C(O)O[C@H](CO)[C@H](O)[C@@H]1O. The minimum Gasteiger partial charge on any atom is -0.394 e. The quantitative estimate of drug-likeness (QED) is 0.348. The summed E-state index contributed by atoms with van der Waals surface area (Å²) in [5.41, 5.74) is 0. The van der Waals surface area contributed by atoms with E-state index < -0.39 is 37.3 Å². The van der Waals surface area contributed by atoms with Gasteiger partial charge in [0.25, 0.3) is 0 Å².